The number of ether oxygens (including phenoxy) is 3. The van der Waals surface area contributed by atoms with Crippen molar-refractivity contribution in [2.45, 2.75) is 130 Å². The van der Waals surface area contributed by atoms with E-state index in [2.05, 4.69) is 39.6 Å². The SMILES string of the molecule is C[C@@H]1C[C]([C@H](O)C(C)(C)O)O[C]2[C@H]1[C@@]1(C)CC[C@@]34C[C@@]35CCC(O[C@H]3CN(C(=O)c6cncn6C)CCO3)C(C)(C)[C@@H]5CC[C]4[C@]1(C)[C@H]2O. The molecule has 3 radical (unpaired) electrons. The normalized spacial score (nSPS) is 45.9. The summed E-state index contributed by atoms with van der Waals surface area (Å²) in [6.45, 7) is 16.4. The Labute approximate surface area is 292 Å². The lowest BCUT2D eigenvalue weighted by Gasteiger charge is -2.63. The number of aryl methyl sites for hydroxylation is 1. The first kappa shape index (κ1) is 34.5. The van der Waals surface area contributed by atoms with Gasteiger partial charge in [0, 0.05) is 24.9 Å². The fourth-order valence-corrected chi connectivity index (χ4v) is 13.0. The van der Waals surface area contributed by atoms with Gasteiger partial charge >= 0.3 is 0 Å². The lowest BCUT2D eigenvalue weighted by Crippen LogP contribution is -2.59. The number of nitrogens with zero attached hydrogens (tertiary/aromatic N) is 3. The molecule has 3 heterocycles. The van der Waals surface area contributed by atoms with Gasteiger partial charge in [0.25, 0.3) is 5.91 Å². The summed E-state index contributed by atoms with van der Waals surface area (Å²) in [7, 11) is 1.84. The Morgan fingerprint density at radius 2 is 1.92 bits per heavy atom. The molecule has 1 amide bonds. The van der Waals surface area contributed by atoms with Crippen molar-refractivity contribution in [2.75, 3.05) is 19.7 Å². The fraction of sp³-hybridized carbons (Fsp3) is 0.821. The van der Waals surface area contributed by atoms with Crippen LogP contribution in [0.4, 0.5) is 0 Å². The van der Waals surface area contributed by atoms with E-state index in [1.165, 1.54) is 6.42 Å². The van der Waals surface area contributed by atoms with Gasteiger partial charge in [-0.3, -0.25) is 4.79 Å². The molecule has 7 aliphatic rings. The number of fused-ring (bicyclic) bond motifs is 4. The maximum atomic E-state index is 13.3. The molecule has 271 valence electrons. The van der Waals surface area contributed by atoms with Crippen LogP contribution in [0.2, 0.25) is 0 Å². The van der Waals surface area contributed by atoms with Crippen LogP contribution in [0, 0.1) is 63.0 Å². The molecule has 1 aromatic heterocycles. The molecule has 8 rings (SSSR count). The third-order valence-electron chi connectivity index (χ3n) is 15.6. The number of hydrogen-bond acceptors (Lipinski definition) is 8. The van der Waals surface area contributed by atoms with Crippen molar-refractivity contribution in [1.82, 2.24) is 14.5 Å². The fourth-order valence-electron chi connectivity index (χ4n) is 13.0. The Morgan fingerprint density at radius 3 is 2.61 bits per heavy atom. The van der Waals surface area contributed by atoms with E-state index < -0.39 is 29.5 Å². The van der Waals surface area contributed by atoms with Crippen molar-refractivity contribution >= 4 is 5.91 Å². The van der Waals surface area contributed by atoms with Crippen molar-refractivity contribution in [1.29, 1.82) is 0 Å². The lowest BCUT2D eigenvalue weighted by molar-refractivity contribution is -0.239. The maximum Gasteiger partial charge on any atom is 0.272 e. The molecular formula is C39H58N3O7. The maximum absolute atomic E-state index is 13.3. The Balaban J connectivity index is 1.01. The number of aromatic nitrogens is 2. The van der Waals surface area contributed by atoms with E-state index in [1.807, 2.05) is 11.9 Å². The third-order valence-corrected chi connectivity index (χ3v) is 15.6. The highest BCUT2D eigenvalue weighted by Crippen LogP contribution is 2.90. The van der Waals surface area contributed by atoms with Crippen molar-refractivity contribution in [3.8, 4) is 0 Å². The van der Waals surface area contributed by atoms with Gasteiger partial charge in [-0.1, -0.05) is 34.6 Å². The smallest absolute Gasteiger partial charge is 0.272 e. The predicted molar refractivity (Wildman–Crippen MR) is 181 cm³/mol. The second kappa shape index (κ2) is 11.0. The van der Waals surface area contributed by atoms with Gasteiger partial charge in [-0.25, -0.2) is 4.98 Å². The van der Waals surface area contributed by atoms with Gasteiger partial charge < -0.3 is 39.0 Å². The average molecular weight is 681 g/mol. The quantitative estimate of drug-likeness (QED) is 0.404. The predicted octanol–water partition coefficient (Wildman–Crippen LogP) is 4.83. The van der Waals surface area contributed by atoms with Crippen molar-refractivity contribution in [3.05, 3.63) is 36.3 Å². The van der Waals surface area contributed by atoms with Gasteiger partial charge in [0.1, 0.15) is 24.0 Å². The van der Waals surface area contributed by atoms with Gasteiger partial charge in [-0.05, 0) is 105 Å². The molecule has 2 saturated heterocycles. The topological polar surface area (TPSA) is 127 Å². The van der Waals surface area contributed by atoms with Crippen LogP contribution >= 0.6 is 0 Å². The van der Waals surface area contributed by atoms with E-state index >= 15 is 0 Å². The standard InChI is InChI=1S/C39H58N3O7/c1-22-17-24(31(43)35(4,5)46)48-30-29(22)36(6)13-14-39-20-38(39)12-11-27(34(2,3)25(38)9-10-26(39)37(36,7)32(30)44)49-28-19-42(15-16-47-28)33(45)23-18-40-21-41(23)8/h18,21-22,25,27-29,31-32,43-44,46H,9-17,19-20H2,1-8H3/t22-,25+,27?,28+,29+,31+,32+,36-,37-,38-,39+/m1/s1. The Bertz CT molecular complexity index is 1470. The van der Waals surface area contributed by atoms with Crippen LogP contribution in [-0.4, -0.2) is 85.6 Å². The molecule has 49 heavy (non-hydrogen) atoms. The molecule has 1 aromatic rings. The lowest BCUT2D eigenvalue weighted by atomic mass is 9.41. The molecule has 10 heteroatoms. The molecule has 10 nitrogen and oxygen atoms in total. The van der Waals surface area contributed by atoms with Gasteiger partial charge in [-0.15, -0.1) is 0 Å². The van der Waals surface area contributed by atoms with Crippen LogP contribution in [0.5, 0.6) is 0 Å². The summed E-state index contributed by atoms with van der Waals surface area (Å²) in [4.78, 5) is 19.2. The highest BCUT2D eigenvalue weighted by atomic mass is 16.7. The highest BCUT2D eigenvalue weighted by Gasteiger charge is 2.85. The van der Waals surface area contributed by atoms with Gasteiger partial charge in [-0.2, -0.15) is 0 Å². The van der Waals surface area contributed by atoms with E-state index in [1.54, 1.807) is 36.9 Å². The number of hydrogen-bond donors (Lipinski definition) is 3. The van der Waals surface area contributed by atoms with E-state index in [-0.39, 0.29) is 45.5 Å². The van der Waals surface area contributed by atoms with Crippen LogP contribution in [-0.2, 0) is 21.3 Å². The second-order valence-corrected chi connectivity index (χ2v) is 18.6. The first-order valence-electron chi connectivity index (χ1n) is 18.8. The van der Waals surface area contributed by atoms with Crippen molar-refractivity contribution in [2.24, 2.45) is 51.9 Å². The third kappa shape index (κ3) is 4.52. The van der Waals surface area contributed by atoms with E-state index in [9.17, 15) is 20.1 Å². The first-order valence-corrected chi connectivity index (χ1v) is 18.8. The monoisotopic (exact) mass is 680 g/mol. The minimum atomic E-state index is -1.32. The largest absolute Gasteiger partial charge is 0.389 e. The van der Waals surface area contributed by atoms with Gasteiger partial charge in [0.15, 0.2) is 6.29 Å². The summed E-state index contributed by atoms with van der Waals surface area (Å²) < 4.78 is 21.2. The molecule has 0 aromatic carbocycles. The van der Waals surface area contributed by atoms with Crippen molar-refractivity contribution < 1.29 is 34.3 Å². The van der Waals surface area contributed by atoms with Crippen LogP contribution in [0.25, 0.3) is 0 Å². The Kier molecular flexibility index (Phi) is 7.74. The number of carbonyl (C=O) groups is 1. The first-order chi connectivity index (χ1) is 22.9. The number of aliphatic hydroxyl groups excluding tert-OH is 2. The Hall–Kier alpha value is -1.56. The van der Waals surface area contributed by atoms with Crippen molar-refractivity contribution in [3.63, 3.8) is 0 Å². The molecule has 2 aliphatic heterocycles. The number of rotatable bonds is 5. The zero-order chi connectivity index (χ0) is 35.1. The molecule has 11 atom stereocenters. The summed E-state index contributed by atoms with van der Waals surface area (Å²) in [6, 6.07) is 0. The summed E-state index contributed by atoms with van der Waals surface area (Å²) in [6.07, 6.45) is 10.3. The summed E-state index contributed by atoms with van der Waals surface area (Å²) >= 11 is 0. The molecule has 2 spiro atoms. The summed E-state index contributed by atoms with van der Waals surface area (Å²) in [5.74, 6) is 2.32. The highest BCUT2D eigenvalue weighted by molar-refractivity contribution is 5.92. The van der Waals surface area contributed by atoms with Crippen LogP contribution in [0.1, 0.15) is 110 Å². The molecule has 3 N–H and O–H groups in total. The van der Waals surface area contributed by atoms with Crippen LogP contribution < -0.4 is 0 Å². The van der Waals surface area contributed by atoms with E-state index in [0.29, 0.717) is 49.9 Å². The molecule has 1 unspecified atom stereocenters. The summed E-state index contributed by atoms with van der Waals surface area (Å²) in [5, 5.41) is 34.0. The average Bonchev–Trinajstić information content (AvgIpc) is 3.45. The van der Waals surface area contributed by atoms with E-state index in [4.69, 9.17) is 14.2 Å². The van der Waals surface area contributed by atoms with E-state index in [0.717, 1.165) is 38.5 Å². The zero-order valence-electron chi connectivity index (χ0n) is 30.8. The van der Waals surface area contributed by atoms with Crippen LogP contribution in [0.15, 0.2) is 12.5 Å². The van der Waals surface area contributed by atoms with Gasteiger partial charge in [0.2, 0.25) is 0 Å². The number of amides is 1. The molecule has 0 bridgehead atoms. The molecule has 5 aliphatic carbocycles. The summed E-state index contributed by atoms with van der Waals surface area (Å²) in [5.41, 5.74) is -1.05. The van der Waals surface area contributed by atoms with Gasteiger partial charge in [0.05, 0.1) is 43.5 Å². The minimum Gasteiger partial charge on any atom is -0.389 e. The van der Waals surface area contributed by atoms with Crippen LogP contribution in [0.3, 0.4) is 0 Å². The number of carbonyl (C=O) groups excluding carboxylic acids is 1. The molecule has 7 fully saturated rings. The number of imidazole rings is 1. The second-order valence-electron chi connectivity index (χ2n) is 18.6. The zero-order valence-corrected chi connectivity index (χ0v) is 30.8. The molecular weight excluding hydrogens is 622 g/mol. The molecule has 5 saturated carbocycles. The minimum absolute atomic E-state index is 0.0319. The number of aliphatic hydroxyl groups is 3. The Morgan fingerprint density at radius 1 is 1.16 bits per heavy atom. The number of morpholine rings is 1.